The largest absolute Gasteiger partial charge is 0.338 e. The van der Waals surface area contributed by atoms with Crippen LogP contribution in [0.15, 0.2) is 18.2 Å². The van der Waals surface area contributed by atoms with Gasteiger partial charge in [-0.15, -0.1) is 0 Å². The van der Waals surface area contributed by atoms with E-state index in [9.17, 15) is 18.4 Å². The van der Waals surface area contributed by atoms with Gasteiger partial charge >= 0.3 is 0 Å². The Morgan fingerprint density at radius 3 is 2.47 bits per heavy atom. The summed E-state index contributed by atoms with van der Waals surface area (Å²) in [6.07, 6.45) is 0.561. The lowest BCUT2D eigenvalue weighted by Gasteiger charge is -2.26. The second-order valence-corrected chi connectivity index (χ2v) is 3.93. The molecule has 2 rings (SSSR count). The zero-order valence-electron chi connectivity index (χ0n) is 9.08. The molecule has 1 aromatic carbocycles. The Labute approximate surface area is 97.0 Å². The number of rotatable bonds is 1. The predicted octanol–water partition coefficient (Wildman–Crippen LogP) is 1.77. The molecule has 0 radical (unpaired) electrons. The summed E-state index contributed by atoms with van der Waals surface area (Å²) in [6.45, 7) is 0.543. The maximum absolute atomic E-state index is 13.4. The number of hydrogen-bond donors (Lipinski definition) is 0. The van der Waals surface area contributed by atoms with Crippen molar-refractivity contribution in [2.45, 2.75) is 12.8 Å². The van der Waals surface area contributed by atoms with Crippen molar-refractivity contribution in [2.24, 2.45) is 0 Å². The van der Waals surface area contributed by atoms with Gasteiger partial charge in [0.15, 0.2) is 11.6 Å². The Balaban J connectivity index is 2.20. The average molecular weight is 239 g/mol. The molecular weight excluding hydrogens is 228 g/mol. The highest BCUT2D eigenvalue weighted by Crippen LogP contribution is 2.16. The number of ketones is 1. The summed E-state index contributed by atoms with van der Waals surface area (Å²) in [7, 11) is 0. The van der Waals surface area contributed by atoms with E-state index in [2.05, 4.69) is 0 Å². The van der Waals surface area contributed by atoms with Crippen LogP contribution in [0.1, 0.15) is 23.2 Å². The molecule has 0 atom stereocenters. The van der Waals surface area contributed by atoms with Gasteiger partial charge in [0.05, 0.1) is 5.56 Å². The second kappa shape index (κ2) is 4.61. The molecule has 90 valence electrons. The Bertz CT molecular complexity index is 464. The van der Waals surface area contributed by atoms with Crippen LogP contribution in [0.25, 0.3) is 0 Å². The van der Waals surface area contributed by atoms with Crippen molar-refractivity contribution in [3.63, 3.8) is 0 Å². The fraction of sp³-hybridized carbons (Fsp3) is 0.333. The Hall–Kier alpha value is -1.78. The maximum Gasteiger partial charge on any atom is 0.256 e. The minimum absolute atomic E-state index is 0.0914. The normalized spacial score (nSPS) is 16.1. The van der Waals surface area contributed by atoms with Crippen LogP contribution in [0.4, 0.5) is 8.78 Å². The van der Waals surface area contributed by atoms with E-state index in [-0.39, 0.29) is 37.3 Å². The maximum atomic E-state index is 13.4. The molecule has 0 spiro atoms. The first-order chi connectivity index (χ1) is 8.09. The van der Waals surface area contributed by atoms with Crippen molar-refractivity contribution < 1.29 is 18.4 Å². The number of benzene rings is 1. The molecule has 0 aromatic heterocycles. The number of piperidine rings is 1. The van der Waals surface area contributed by atoms with E-state index in [1.807, 2.05) is 0 Å². The van der Waals surface area contributed by atoms with Gasteiger partial charge in [0, 0.05) is 25.9 Å². The summed E-state index contributed by atoms with van der Waals surface area (Å²) in [6, 6.07) is 3.50. The van der Waals surface area contributed by atoms with Crippen LogP contribution in [-0.4, -0.2) is 29.7 Å². The molecule has 0 bridgehead atoms. The number of amides is 1. The van der Waals surface area contributed by atoms with Crippen LogP contribution in [0.3, 0.4) is 0 Å². The molecular formula is C12H11F2NO2. The topological polar surface area (TPSA) is 37.4 Å². The molecule has 1 aliphatic rings. The number of carbonyl (C=O) groups is 2. The van der Waals surface area contributed by atoms with E-state index in [1.54, 1.807) is 0 Å². The number of nitrogens with zero attached hydrogens (tertiary/aromatic N) is 1. The van der Waals surface area contributed by atoms with Gasteiger partial charge in [-0.2, -0.15) is 0 Å². The molecule has 1 aliphatic heterocycles. The van der Waals surface area contributed by atoms with Gasteiger partial charge in [0.2, 0.25) is 0 Å². The molecule has 0 unspecified atom stereocenters. The summed E-state index contributed by atoms with van der Waals surface area (Å²) in [4.78, 5) is 24.3. The van der Waals surface area contributed by atoms with Gasteiger partial charge in [-0.3, -0.25) is 9.59 Å². The fourth-order valence-corrected chi connectivity index (χ4v) is 1.80. The third kappa shape index (κ3) is 2.33. The standard InChI is InChI=1S/C12H11F2NO2/c13-10-3-1-2-9(11(10)14)12(17)15-6-4-8(16)5-7-15/h1-3H,4-7H2. The summed E-state index contributed by atoms with van der Waals surface area (Å²) in [5.74, 6) is -2.64. The van der Waals surface area contributed by atoms with Gasteiger partial charge in [-0.1, -0.05) is 6.07 Å². The van der Waals surface area contributed by atoms with Crippen LogP contribution in [0.2, 0.25) is 0 Å². The number of Topliss-reactive ketones (excluding diaryl/α,β-unsaturated/α-hetero) is 1. The molecule has 1 fully saturated rings. The lowest BCUT2D eigenvalue weighted by atomic mass is 10.1. The summed E-state index contributed by atoms with van der Waals surface area (Å²) >= 11 is 0. The molecule has 0 aliphatic carbocycles. The first-order valence-electron chi connectivity index (χ1n) is 5.34. The highest BCUT2D eigenvalue weighted by Gasteiger charge is 2.24. The van der Waals surface area contributed by atoms with Crippen molar-refractivity contribution >= 4 is 11.7 Å². The molecule has 5 heteroatoms. The molecule has 1 amide bonds. The number of halogens is 2. The van der Waals surface area contributed by atoms with Crippen molar-refractivity contribution in [1.82, 2.24) is 4.90 Å². The molecule has 1 heterocycles. The lowest BCUT2D eigenvalue weighted by Crippen LogP contribution is -2.39. The van der Waals surface area contributed by atoms with Crippen LogP contribution >= 0.6 is 0 Å². The smallest absolute Gasteiger partial charge is 0.256 e. The summed E-state index contributed by atoms with van der Waals surface area (Å²) < 4.78 is 26.4. The van der Waals surface area contributed by atoms with Crippen molar-refractivity contribution in [3.8, 4) is 0 Å². The molecule has 1 saturated heterocycles. The molecule has 0 saturated carbocycles. The van der Waals surface area contributed by atoms with E-state index < -0.39 is 17.5 Å². The molecule has 1 aromatic rings. The molecule has 17 heavy (non-hydrogen) atoms. The average Bonchev–Trinajstić information content (AvgIpc) is 2.33. The fourth-order valence-electron chi connectivity index (χ4n) is 1.80. The van der Waals surface area contributed by atoms with Gasteiger partial charge in [-0.25, -0.2) is 8.78 Å². The SMILES string of the molecule is O=C1CCN(C(=O)c2cccc(F)c2F)CC1. The zero-order chi connectivity index (χ0) is 12.4. The Morgan fingerprint density at radius 2 is 1.82 bits per heavy atom. The summed E-state index contributed by atoms with van der Waals surface area (Å²) in [5.41, 5.74) is -0.278. The van der Waals surface area contributed by atoms with Crippen molar-refractivity contribution in [3.05, 3.63) is 35.4 Å². The van der Waals surface area contributed by atoms with E-state index >= 15 is 0 Å². The van der Waals surface area contributed by atoms with Gasteiger partial charge < -0.3 is 4.90 Å². The number of likely N-dealkylation sites (tertiary alicyclic amines) is 1. The lowest BCUT2D eigenvalue weighted by molar-refractivity contribution is -0.120. The number of hydrogen-bond acceptors (Lipinski definition) is 2. The first kappa shape index (κ1) is 11.7. The van der Waals surface area contributed by atoms with Crippen LogP contribution < -0.4 is 0 Å². The third-order valence-electron chi connectivity index (χ3n) is 2.79. The van der Waals surface area contributed by atoms with Crippen LogP contribution in [-0.2, 0) is 4.79 Å². The second-order valence-electron chi connectivity index (χ2n) is 3.93. The van der Waals surface area contributed by atoms with Gasteiger partial charge in [0.25, 0.3) is 5.91 Å². The number of carbonyl (C=O) groups excluding carboxylic acids is 2. The van der Waals surface area contributed by atoms with Crippen LogP contribution in [0.5, 0.6) is 0 Å². The Morgan fingerprint density at radius 1 is 1.18 bits per heavy atom. The monoisotopic (exact) mass is 239 g/mol. The van der Waals surface area contributed by atoms with Crippen molar-refractivity contribution in [2.75, 3.05) is 13.1 Å². The highest BCUT2D eigenvalue weighted by molar-refractivity contribution is 5.95. The highest BCUT2D eigenvalue weighted by atomic mass is 19.2. The van der Waals surface area contributed by atoms with Gasteiger partial charge in [-0.05, 0) is 12.1 Å². The van der Waals surface area contributed by atoms with Crippen molar-refractivity contribution in [1.29, 1.82) is 0 Å². The van der Waals surface area contributed by atoms with E-state index in [4.69, 9.17) is 0 Å². The minimum atomic E-state index is -1.13. The van der Waals surface area contributed by atoms with E-state index in [0.29, 0.717) is 0 Å². The summed E-state index contributed by atoms with van der Waals surface area (Å²) in [5, 5.41) is 0. The van der Waals surface area contributed by atoms with Gasteiger partial charge in [0.1, 0.15) is 5.78 Å². The first-order valence-corrected chi connectivity index (χ1v) is 5.34. The quantitative estimate of drug-likeness (QED) is 0.749. The third-order valence-corrected chi connectivity index (χ3v) is 2.79. The van der Waals surface area contributed by atoms with E-state index in [1.165, 1.54) is 17.0 Å². The minimum Gasteiger partial charge on any atom is -0.338 e. The predicted molar refractivity (Wildman–Crippen MR) is 56.5 cm³/mol. The van der Waals surface area contributed by atoms with Crippen LogP contribution in [0, 0.1) is 11.6 Å². The Kier molecular flexibility index (Phi) is 3.17. The molecule has 3 nitrogen and oxygen atoms in total. The zero-order valence-corrected chi connectivity index (χ0v) is 9.08. The molecule has 0 N–H and O–H groups in total. The van der Waals surface area contributed by atoms with E-state index in [0.717, 1.165) is 6.07 Å².